The van der Waals surface area contributed by atoms with Crippen LogP contribution in [0.1, 0.15) is 10.4 Å². The van der Waals surface area contributed by atoms with E-state index in [2.05, 4.69) is 0 Å². The Labute approximate surface area is 109 Å². The predicted molar refractivity (Wildman–Crippen MR) is 72.0 cm³/mol. The van der Waals surface area contributed by atoms with Crippen molar-refractivity contribution < 1.29 is 13.2 Å². The Morgan fingerprint density at radius 3 is 2.24 bits per heavy atom. The van der Waals surface area contributed by atoms with Crippen molar-refractivity contribution in [2.24, 2.45) is 0 Å². The van der Waals surface area contributed by atoms with Crippen molar-refractivity contribution in [3.63, 3.8) is 0 Å². The van der Waals surface area contributed by atoms with Gasteiger partial charge in [-0.1, -0.05) is 12.1 Å². The predicted octanol–water partition coefficient (Wildman–Crippen LogP) is 2.55. The third-order valence-corrected chi connectivity index (χ3v) is 6.72. The number of carbonyl (C=O) groups is 1. The molecule has 0 atom stereocenters. The number of carbonyl (C=O) groups excluding carboxylic acids is 1. The van der Waals surface area contributed by atoms with Gasteiger partial charge in [0.2, 0.25) is 15.6 Å². The van der Waals surface area contributed by atoms with Gasteiger partial charge >= 0.3 is 0 Å². The van der Waals surface area contributed by atoms with Crippen LogP contribution in [0.2, 0.25) is 0 Å². The first-order valence-corrected chi connectivity index (χ1v) is 8.68. The normalized spacial score (nSPS) is 17.1. The van der Waals surface area contributed by atoms with Gasteiger partial charge in [0.05, 0.1) is 9.13 Å². The zero-order chi connectivity index (χ0) is 12.6. The number of Topliss-reactive ketones (excluding diaryl/α,β-unsaturated/α-hetero) is 1. The second kappa shape index (κ2) is 4.51. The Balaban J connectivity index is 2.80. The van der Waals surface area contributed by atoms with Crippen molar-refractivity contribution >= 4 is 39.1 Å². The van der Waals surface area contributed by atoms with Crippen LogP contribution in [0.4, 0.5) is 0 Å². The molecule has 3 nitrogen and oxygen atoms in total. The maximum atomic E-state index is 12.2. The van der Waals surface area contributed by atoms with E-state index in [0.29, 0.717) is 4.24 Å². The summed E-state index contributed by atoms with van der Waals surface area (Å²) in [6.07, 6.45) is 3.54. The van der Waals surface area contributed by atoms with Crippen LogP contribution in [0.3, 0.4) is 0 Å². The second-order valence-electron chi connectivity index (χ2n) is 3.35. The highest BCUT2D eigenvalue weighted by atomic mass is 32.2. The van der Waals surface area contributed by atoms with E-state index in [1.54, 1.807) is 30.7 Å². The van der Waals surface area contributed by atoms with Crippen molar-refractivity contribution in [2.75, 3.05) is 12.5 Å². The number of allylic oxidation sites excluding steroid dienone is 1. The van der Waals surface area contributed by atoms with Gasteiger partial charge in [0, 0.05) is 5.56 Å². The Kier molecular flexibility index (Phi) is 3.38. The second-order valence-corrected chi connectivity index (χ2v) is 7.10. The summed E-state index contributed by atoms with van der Waals surface area (Å²) < 4.78 is 25.0. The Hall–Kier alpha value is -0.720. The molecule has 0 bridgehead atoms. The van der Waals surface area contributed by atoms with Crippen LogP contribution in [-0.2, 0) is 9.84 Å². The van der Waals surface area contributed by atoms with E-state index < -0.39 is 9.84 Å². The molecule has 0 saturated heterocycles. The van der Waals surface area contributed by atoms with E-state index >= 15 is 0 Å². The molecule has 1 heterocycles. The molecular weight excluding hydrogens is 276 g/mol. The van der Waals surface area contributed by atoms with Crippen molar-refractivity contribution in [1.82, 2.24) is 0 Å². The van der Waals surface area contributed by atoms with Crippen LogP contribution >= 0.6 is 23.5 Å². The minimum absolute atomic E-state index is 0.0706. The van der Waals surface area contributed by atoms with E-state index in [0.717, 1.165) is 0 Å². The summed E-state index contributed by atoms with van der Waals surface area (Å²) in [6.45, 7) is 0. The van der Waals surface area contributed by atoms with E-state index in [9.17, 15) is 13.2 Å². The molecular formula is C11H10O3S3. The number of sulfone groups is 1. The van der Waals surface area contributed by atoms with E-state index in [4.69, 9.17) is 0 Å². The lowest BCUT2D eigenvalue weighted by atomic mass is 10.1. The molecule has 17 heavy (non-hydrogen) atoms. The minimum atomic E-state index is -3.63. The molecule has 90 valence electrons. The van der Waals surface area contributed by atoms with Gasteiger partial charge in [0.1, 0.15) is 4.91 Å². The first-order chi connectivity index (χ1) is 8.04. The maximum Gasteiger partial charge on any atom is 0.212 e. The number of benzene rings is 1. The van der Waals surface area contributed by atoms with Crippen molar-refractivity contribution in [1.29, 1.82) is 0 Å². The van der Waals surface area contributed by atoms with Crippen LogP contribution < -0.4 is 0 Å². The number of fused-ring (bicyclic) bond motifs is 1. The number of hydrogen-bond acceptors (Lipinski definition) is 5. The van der Waals surface area contributed by atoms with Crippen LogP contribution in [0.5, 0.6) is 0 Å². The fraction of sp³-hybridized carbons (Fsp3) is 0.182. The summed E-state index contributed by atoms with van der Waals surface area (Å²) in [4.78, 5) is 12.2. The lowest BCUT2D eigenvalue weighted by molar-refractivity contribution is 0.104. The van der Waals surface area contributed by atoms with Gasteiger partial charge in [-0.05, 0) is 24.6 Å². The summed E-state index contributed by atoms with van der Waals surface area (Å²) in [5, 5.41) is 0. The molecule has 1 aliphatic rings. The van der Waals surface area contributed by atoms with E-state index in [1.807, 2.05) is 0 Å². The monoisotopic (exact) mass is 286 g/mol. The summed E-state index contributed by atoms with van der Waals surface area (Å²) >= 11 is 2.57. The lowest BCUT2D eigenvalue weighted by Gasteiger charge is -2.03. The number of ketones is 1. The smallest absolute Gasteiger partial charge is 0.212 e. The largest absolute Gasteiger partial charge is 0.288 e. The third-order valence-electron chi connectivity index (χ3n) is 2.45. The standard InChI is InChI=1S/C11H10O3S3/c1-15-11(16-2)10-9(12)7-5-3-4-6-8(7)17(10,13)14/h3-6H,1-2H3. The van der Waals surface area contributed by atoms with Crippen molar-refractivity contribution in [2.45, 2.75) is 4.90 Å². The molecule has 0 aromatic heterocycles. The van der Waals surface area contributed by atoms with E-state index in [1.165, 1.54) is 29.6 Å². The number of rotatable bonds is 2. The molecule has 0 amide bonds. The summed E-state index contributed by atoms with van der Waals surface area (Å²) in [5.41, 5.74) is 0.281. The van der Waals surface area contributed by atoms with Gasteiger partial charge in [-0.3, -0.25) is 4.79 Å². The first-order valence-electron chi connectivity index (χ1n) is 4.75. The maximum absolute atomic E-state index is 12.2. The van der Waals surface area contributed by atoms with Crippen LogP contribution in [-0.4, -0.2) is 26.7 Å². The molecule has 0 radical (unpaired) electrons. The molecule has 0 aliphatic carbocycles. The van der Waals surface area contributed by atoms with Crippen molar-refractivity contribution in [3.8, 4) is 0 Å². The molecule has 1 aromatic rings. The molecule has 0 unspecified atom stereocenters. The Morgan fingerprint density at radius 1 is 1.12 bits per heavy atom. The number of thioether (sulfide) groups is 2. The first kappa shape index (κ1) is 12.7. The highest BCUT2D eigenvalue weighted by molar-refractivity contribution is 8.22. The molecule has 0 N–H and O–H groups in total. The molecule has 6 heteroatoms. The third kappa shape index (κ3) is 1.84. The van der Waals surface area contributed by atoms with Crippen LogP contribution in [0.25, 0.3) is 0 Å². The Bertz CT molecular complexity index is 609. The van der Waals surface area contributed by atoms with Gasteiger partial charge in [0.15, 0.2) is 0 Å². The quantitative estimate of drug-likeness (QED) is 0.782. The van der Waals surface area contributed by atoms with Crippen molar-refractivity contribution in [3.05, 3.63) is 39.0 Å². The highest BCUT2D eigenvalue weighted by Crippen LogP contribution is 2.41. The average Bonchev–Trinajstić information content (AvgIpc) is 2.53. The summed E-state index contributed by atoms with van der Waals surface area (Å²) in [6, 6.07) is 6.34. The van der Waals surface area contributed by atoms with Gasteiger partial charge < -0.3 is 0 Å². The Morgan fingerprint density at radius 2 is 1.71 bits per heavy atom. The topological polar surface area (TPSA) is 51.2 Å². The molecule has 1 aliphatic heterocycles. The number of hydrogen-bond donors (Lipinski definition) is 0. The molecule has 1 aromatic carbocycles. The zero-order valence-corrected chi connectivity index (χ0v) is 11.7. The lowest BCUT2D eigenvalue weighted by Crippen LogP contribution is -2.04. The summed E-state index contributed by atoms with van der Waals surface area (Å²) in [7, 11) is -3.63. The van der Waals surface area contributed by atoms with E-state index in [-0.39, 0.29) is 21.1 Å². The van der Waals surface area contributed by atoms with Gasteiger partial charge in [-0.2, -0.15) is 0 Å². The summed E-state index contributed by atoms with van der Waals surface area (Å²) in [5.74, 6) is -0.390. The average molecular weight is 286 g/mol. The van der Waals surface area contributed by atoms with Crippen LogP contribution in [0, 0.1) is 0 Å². The van der Waals surface area contributed by atoms with Gasteiger partial charge in [-0.25, -0.2) is 8.42 Å². The molecule has 2 rings (SSSR count). The van der Waals surface area contributed by atoms with Gasteiger partial charge in [0.25, 0.3) is 0 Å². The molecule has 0 fully saturated rings. The molecule has 0 spiro atoms. The van der Waals surface area contributed by atoms with Crippen LogP contribution in [0.15, 0.2) is 38.3 Å². The zero-order valence-electron chi connectivity index (χ0n) is 9.26. The SMILES string of the molecule is CSC(SC)=C1C(=O)c2ccccc2S1(=O)=O. The fourth-order valence-corrected chi connectivity index (χ4v) is 5.60. The molecule has 0 saturated carbocycles. The highest BCUT2D eigenvalue weighted by Gasteiger charge is 2.40. The fourth-order valence-electron chi connectivity index (χ4n) is 1.71. The minimum Gasteiger partial charge on any atom is -0.288 e. The van der Waals surface area contributed by atoms with Gasteiger partial charge in [-0.15, -0.1) is 23.5 Å².